The summed E-state index contributed by atoms with van der Waals surface area (Å²) in [6, 6.07) is 10.3. The molecule has 0 spiro atoms. The van der Waals surface area contributed by atoms with E-state index >= 15 is 0 Å². The van der Waals surface area contributed by atoms with Crippen molar-refractivity contribution in [2.75, 3.05) is 0 Å². The Labute approximate surface area is 104 Å². The monoisotopic (exact) mass is 250 g/mol. The van der Waals surface area contributed by atoms with Crippen molar-refractivity contribution < 1.29 is 0 Å². The molecule has 1 aromatic carbocycles. The van der Waals surface area contributed by atoms with Crippen LogP contribution in [0.3, 0.4) is 0 Å². The molecular weight excluding hydrogens is 240 g/mol. The van der Waals surface area contributed by atoms with E-state index in [1.165, 1.54) is 11.1 Å². The first-order valence-electron chi connectivity index (χ1n) is 5.20. The van der Waals surface area contributed by atoms with Crippen molar-refractivity contribution in [3.63, 3.8) is 0 Å². The van der Waals surface area contributed by atoms with Crippen LogP contribution in [0.2, 0.25) is 5.15 Å². The lowest BCUT2D eigenvalue weighted by atomic mass is 10.2. The second kappa shape index (κ2) is 4.15. The van der Waals surface area contributed by atoms with Crippen LogP contribution in [0, 0.1) is 0 Å². The number of hydrogen-bond donors (Lipinski definition) is 0. The molecule has 0 atom stereocenters. The maximum absolute atomic E-state index is 6.31. The Kier molecular flexibility index (Phi) is 2.65. The number of benzene rings is 1. The van der Waals surface area contributed by atoms with Crippen molar-refractivity contribution in [3.05, 3.63) is 52.3 Å². The molecule has 0 amide bonds. The van der Waals surface area contributed by atoms with Crippen molar-refractivity contribution in [1.82, 2.24) is 9.78 Å². The van der Waals surface area contributed by atoms with Gasteiger partial charge in [0.2, 0.25) is 0 Å². The van der Waals surface area contributed by atoms with Crippen LogP contribution in [-0.4, -0.2) is 9.78 Å². The smallest absolute Gasteiger partial charge is 0.131 e. The lowest BCUT2D eigenvalue weighted by molar-refractivity contribution is 0.679. The third-order valence-electron chi connectivity index (χ3n) is 2.73. The van der Waals surface area contributed by atoms with Crippen LogP contribution < -0.4 is 0 Å². The topological polar surface area (TPSA) is 17.8 Å². The molecule has 0 aliphatic carbocycles. The van der Waals surface area contributed by atoms with Gasteiger partial charge in [-0.3, -0.25) is 0 Å². The number of fused-ring (bicyclic) bond motifs is 1. The Balaban J connectivity index is 1.91. The van der Waals surface area contributed by atoms with Gasteiger partial charge in [0.05, 0.1) is 12.2 Å². The van der Waals surface area contributed by atoms with Crippen LogP contribution >= 0.6 is 23.4 Å². The van der Waals surface area contributed by atoms with E-state index in [2.05, 4.69) is 17.2 Å². The molecule has 0 N–H and O–H groups in total. The van der Waals surface area contributed by atoms with E-state index in [9.17, 15) is 0 Å². The number of thioether (sulfide) groups is 1. The summed E-state index contributed by atoms with van der Waals surface area (Å²) in [4.78, 5) is 0. The first kappa shape index (κ1) is 10.2. The predicted molar refractivity (Wildman–Crippen MR) is 67.8 cm³/mol. The predicted octanol–water partition coefficient (Wildman–Crippen LogP) is 3.33. The zero-order valence-corrected chi connectivity index (χ0v) is 10.3. The van der Waals surface area contributed by atoms with Gasteiger partial charge in [-0.25, -0.2) is 4.68 Å². The van der Waals surface area contributed by atoms with Gasteiger partial charge in [0.1, 0.15) is 5.15 Å². The van der Waals surface area contributed by atoms with E-state index in [4.69, 9.17) is 11.6 Å². The quantitative estimate of drug-likeness (QED) is 0.814. The minimum atomic E-state index is 0.761. The minimum absolute atomic E-state index is 0.761. The van der Waals surface area contributed by atoms with Gasteiger partial charge in [0, 0.05) is 17.1 Å². The molecule has 0 radical (unpaired) electrons. The summed E-state index contributed by atoms with van der Waals surface area (Å²) in [5.74, 6) is 2.00. The van der Waals surface area contributed by atoms with Gasteiger partial charge in [-0.2, -0.15) is 16.9 Å². The molecule has 1 aromatic heterocycles. The number of halogens is 1. The van der Waals surface area contributed by atoms with E-state index in [1.54, 1.807) is 0 Å². The average molecular weight is 251 g/mol. The van der Waals surface area contributed by atoms with Gasteiger partial charge in [0.15, 0.2) is 0 Å². The van der Waals surface area contributed by atoms with Gasteiger partial charge in [-0.1, -0.05) is 41.9 Å². The van der Waals surface area contributed by atoms with Crippen molar-refractivity contribution >= 4 is 23.4 Å². The van der Waals surface area contributed by atoms with Crippen LogP contribution in [0.25, 0.3) is 0 Å². The van der Waals surface area contributed by atoms with E-state index < -0.39 is 0 Å². The third kappa shape index (κ3) is 1.74. The lowest BCUT2D eigenvalue weighted by Gasteiger charge is -2.04. The molecular formula is C12H11ClN2S. The first-order chi connectivity index (χ1) is 7.84. The van der Waals surface area contributed by atoms with E-state index in [0.717, 1.165) is 28.9 Å². The highest BCUT2D eigenvalue weighted by molar-refractivity contribution is 7.98. The molecule has 0 saturated carbocycles. The summed E-state index contributed by atoms with van der Waals surface area (Å²) in [5.41, 5.74) is 3.62. The molecule has 82 valence electrons. The molecule has 1 aliphatic rings. The Morgan fingerprint density at radius 3 is 2.81 bits per heavy atom. The average Bonchev–Trinajstić information content (AvgIpc) is 2.86. The van der Waals surface area contributed by atoms with Crippen molar-refractivity contribution in [1.29, 1.82) is 0 Å². The zero-order chi connectivity index (χ0) is 11.0. The summed E-state index contributed by atoms with van der Waals surface area (Å²) in [6.45, 7) is 0.761. The normalized spacial score (nSPS) is 14.1. The van der Waals surface area contributed by atoms with Crippen molar-refractivity contribution in [2.24, 2.45) is 0 Å². The van der Waals surface area contributed by atoms with Gasteiger partial charge in [0.25, 0.3) is 0 Å². The molecule has 0 saturated heterocycles. The molecule has 3 rings (SSSR count). The fourth-order valence-electron chi connectivity index (χ4n) is 1.89. The Morgan fingerprint density at radius 1 is 1.25 bits per heavy atom. The molecule has 0 fully saturated rings. The molecule has 1 aliphatic heterocycles. The molecule has 4 heteroatoms. The number of hydrogen-bond acceptors (Lipinski definition) is 2. The van der Waals surface area contributed by atoms with Gasteiger partial charge < -0.3 is 0 Å². The second-order valence-electron chi connectivity index (χ2n) is 3.85. The Hall–Kier alpha value is -0.930. The molecule has 0 unspecified atom stereocenters. The van der Waals surface area contributed by atoms with Crippen LogP contribution in [0.4, 0.5) is 0 Å². The maximum Gasteiger partial charge on any atom is 0.131 e. The number of rotatable bonds is 2. The molecule has 2 heterocycles. The fraction of sp³-hybridized carbons (Fsp3) is 0.250. The Morgan fingerprint density at radius 2 is 2.06 bits per heavy atom. The first-order valence-corrected chi connectivity index (χ1v) is 6.73. The molecule has 2 nitrogen and oxygen atoms in total. The minimum Gasteiger partial charge on any atom is -0.249 e. The van der Waals surface area contributed by atoms with E-state index in [0.29, 0.717) is 0 Å². The lowest BCUT2D eigenvalue weighted by Crippen LogP contribution is -2.02. The zero-order valence-electron chi connectivity index (χ0n) is 8.69. The van der Waals surface area contributed by atoms with Crippen molar-refractivity contribution in [2.45, 2.75) is 18.1 Å². The maximum atomic E-state index is 6.31. The standard InChI is InChI=1S/C12H11ClN2S/c13-12-10-7-16-8-11(10)14-15(12)6-9-4-2-1-3-5-9/h1-5H,6-8H2. The molecule has 2 aromatic rings. The molecule has 0 bridgehead atoms. The highest BCUT2D eigenvalue weighted by Gasteiger charge is 2.21. The van der Waals surface area contributed by atoms with Crippen LogP contribution in [0.1, 0.15) is 16.8 Å². The largest absolute Gasteiger partial charge is 0.249 e. The summed E-state index contributed by atoms with van der Waals surface area (Å²) < 4.78 is 1.90. The second-order valence-corrected chi connectivity index (χ2v) is 5.20. The summed E-state index contributed by atoms with van der Waals surface area (Å²) in [5, 5.41) is 5.36. The Bertz CT molecular complexity index is 507. The van der Waals surface area contributed by atoms with E-state index in [-0.39, 0.29) is 0 Å². The van der Waals surface area contributed by atoms with Gasteiger partial charge in [-0.05, 0) is 5.56 Å². The fourth-order valence-corrected chi connectivity index (χ4v) is 3.28. The van der Waals surface area contributed by atoms with Crippen LogP contribution in [0.15, 0.2) is 30.3 Å². The van der Waals surface area contributed by atoms with Crippen LogP contribution in [-0.2, 0) is 18.1 Å². The number of aromatic nitrogens is 2. The summed E-state index contributed by atoms with van der Waals surface area (Å²) in [7, 11) is 0. The number of nitrogens with zero attached hydrogens (tertiary/aromatic N) is 2. The summed E-state index contributed by atoms with van der Waals surface area (Å²) in [6.07, 6.45) is 0. The van der Waals surface area contributed by atoms with Crippen molar-refractivity contribution in [3.8, 4) is 0 Å². The SMILES string of the molecule is Clc1c2c(nn1Cc1ccccc1)CSC2. The van der Waals surface area contributed by atoms with E-state index in [1.807, 2.05) is 34.6 Å². The highest BCUT2D eigenvalue weighted by Crippen LogP contribution is 2.34. The highest BCUT2D eigenvalue weighted by atomic mass is 35.5. The van der Waals surface area contributed by atoms with Gasteiger partial charge >= 0.3 is 0 Å². The summed E-state index contributed by atoms with van der Waals surface area (Å²) >= 11 is 8.19. The van der Waals surface area contributed by atoms with Gasteiger partial charge in [-0.15, -0.1) is 0 Å². The molecule has 16 heavy (non-hydrogen) atoms. The van der Waals surface area contributed by atoms with Crippen LogP contribution in [0.5, 0.6) is 0 Å². The third-order valence-corrected chi connectivity index (χ3v) is 4.12.